The van der Waals surface area contributed by atoms with Crippen molar-refractivity contribution in [3.8, 4) is 6.07 Å². The van der Waals surface area contributed by atoms with Crippen LogP contribution in [0.2, 0.25) is 0 Å². The fourth-order valence-corrected chi connectivity index (χ4v) is 3.48. The van der Waals surface area contributed by atoms with Crippen LogP contribution in [-0.2, 0) is 0 Å². The molecular weight excluding hydrogens is 246 g/mol. The zero-order valence-electron chi connectivity index (χ0n) is 14.1. The second-order valence-corrected chi connectivity index (χ2v) is 7.24. The zero-order chi connectivity index (χ0) is 15.2. The lowest BCUT2D eigenvalue weighted by Crippen LogP contribution is -2.49. The Hall–Kier alpha value is -0.590. The highest BCUT2D eigenvalue weighted by molar-refractivity contribution is 5.06. The molecule has 0 heterocycles. The molecule has 2 unspecified atom stereocenters. The highest BCUT2D eigenvalue weighted by Gasteiger charge is 2.29. The first-order valence-electron chi connectivity index (χ1n) is 8.25. The Bertz CT molecular complexity index is 315. The minimum Gasteiger partial charge on any atom is -0.303 e. The van der Waals surface area contributed by atoms with E-state index in [1.54, 1.807) is 0 Å². The van der Waals surface area contributed by atoms with Crippen LogP contribution in [0.25, 0.3) is 0 Å². The Balaban J connectivity index is 2.46. The van der Waals surface area contributed by atoms with Crippen LogP contribution in [0, 0.1) is 17.2 Å². The van der Waals surface area contributed by atoms with Crippen LogP contribution >= 0.6 is 0 Å². The minimum atomic E-state index is -0.422. The van der Waals surface area contributed by atoms with Crippen molar-refractivity contribution < 1.29 is 0 Å². The quantitative estimate of drug-likeness (QED) is 0.774. The van der Waals surface area contributed by atoms with Crippen molar-refractivity contribution in [2.24, 2.45) is 5.92 Å². The van der Waals surface area contributed by atoms with Crippen LogP contribution in [0.3, 0.4) is 0 Å². The molecule has 3 nitrogen and oxygen atoms in total. The maximum Gasteiger partial charge on any atom is 0.105 e. The third-order valence-electron chi connectivity index (χ3n) is 4.58. The summed E-state index contributed by atoms with van der Waals surface area (Å²) in [6.45, 7) is 9.67. The van der Waals surface area contributed by atoms with Gasteiger partial charge >= 0.3 is 0 Å². The third kappa shape index (κ3) is 5.81. The summed E-state index contributed by atoms with van der Waals surface area (Å²) >= 11 is 0. The summed E-state index contributed by atoms with van der Waals surface area (Å²) in [5, 5.41) is 12.9. The highest BCUT2D eigenvalue weighted by atomic mass is 15.1. The van der Waals surface area contributed by atoms with Gasteiger partial charge in [0.25, 0.3) is 0 Å². The van der Waals surface area contributed by atoms with Crippen molar-refractivity contribution in [3.63, 3.8) is 0 Å². The topological polar surface area (TPSA) is 39.1 Å². The van der Waals surface area contributed by atoms with Gasteiger partial charge in [-0.2, -0.15) is 5.26 Å². The van der Waals surface area contributed by atoms with Gasteiger partial charge in [0.1, 0.15) is 5.54 Å². The van der Waals surface area contributed by atoms with Gasteiger partial charge in [0.2, 0.25) is 0 Å². The molecule has 1 saturated carbocycles. The molecule has 0 spiro atoms. The molecule has 116 valence electrons. The number of hydrogen-bond donors (Lipinski definition) is 1. The van der Waals surface area contributed by atoms with Crippen molar-refractivity contribution in [2.75, 3.05) is 13.6 Å². The predicted molar refractivity (Wildman–Crippen MR) is 85.6 cm³/mol. The standard InChI is InChI=1S/C17H33N3/c1-14(2)19-17(4,13-18)11-15(3)20(5)12-16-9-7-6-8-10-16/h14-16,19H,6-12H2,1-5H3. The summed E-state index contributed by atoms with van der Waals surface area (Å²) in [7, 11) is 2.21. The summed E-state index contributed by atoms with van der Waals surface area (Å²) in [5.41, 5.74) is -0.422. The number of hydrogen-bond acceptors (Lipinski definition) is 3. The first-order chi connectivity index (χ1) is 9.36. The van der Waals surface area contributed by atoms with Crippen molar-refractivity contribution >= 4 is 0 Å². The average molecular weight is 279 g/mol. The Morgan fingerprint density at radius 2 is 1.85 bits per heavy atom. The molecule has 0 saturated heterocycles. The number of nitriles is 1. The van der Waals surface area contributed by atoms with Crippen molar-refractivity contribution in [3.05, 3.63) is 0 Å². The van der Waals surface area contributed by atoms with Gasteiger partial charge in [-0.1, -0.05) is 19.3 Å². The molecule has 2 atom stereocenters. The molecule has 1 rings (SSSR count). The van der Waals surface area contributed by atoms with E-state index in [0.717, 1.165) is 12.3 Å². The number of nitrogens with zero attached hydrogens (tertiary/aromatic N) is 2. The molecule has 0 amide bonds. The summed E-state index contributed by atoms with van der Waals surface area (Å²) in [6.07, 6.45) is 7.87. The van der Waals surface area contributed by atoms with E-state index in [0.29, 0.717) is 12.1 Å². The largest absolute Gasteiger partial charge is 0.303 e. The molecule has 0 aliphatic heterocycles. The molecule has 0 bridgehead atoms. The SMILES string of the molecule is CC(C)NC(C)(C#N)CC(C)N(C)CC1CCCCC1. The smallest absolute Gasteiger partial charge is 0.105 e. The molecule has 0 aromatic carbocycles. The predicted octanol–water partition coefficient (Wildman–Crippen LogP) is 3.56. The third-order valence-corrected chi connectivity index (χ3v) is 4.58. The Kier molecular flexibility index (Phi) is 6.99. The van der Waals surface area contributed by atoms with Gasteiger partial charge in [-0.25, -0.2) is 0 Å². The monoisotopic (exact) mass is 279 g/mol. The molecule has 1 fully saturated rings. The summed E-state index contributed by atoms with van der Waals surface area (Å²) in [6, 6.07) is 3.24. The summed E-state index contributed by atoms with van der Waals surface area (Å²) < 4.78 is 0. The lowest BCUT2D eigenvalue weighted by Gasteiger charge is -2.35. The van der Waals surface area contributed by atoms with Gasteiger partial charge in [0.05, 0.1) is 6.07 Å². The van der Waals surface area contributed by atoms with Crippen LogP contribution < -0.4 is 5.32 Å². The molecule has 0 aromatic heterocycles. The van der Waals surface area contributed by atoms with Gasteiger partial charge in [0.15, 0.2) is 0 Å². The first kappa shape index (κ1) is 17.5. The number of rotatable bonds is 7. The number of nitrogens with one attached hydrogen (secondary N) is 1. The van der Waals surface area contributed by atoms with Crippen LogP contribution in [0.15, 0.2) is 0 Å². The lowest BCUT2D eigenvalue weighted by molar-refractivity contribution is 0.165. The summed E-state index contributed by atoms with van der Waals surface area (Å²) in [5.74, 6) is 0.864. The van der Waals surface area contributed by atoms with Crippen LogP contribution in [0.4, 0.5) is 0 Å². The fraction of sp³-hybridized carbons (Fsp3) is 0.941. The maximum absolute atomic E-state index is 9.46. The van der Waals surface area contributed by atoms with Crippen molar-refractivity contribution in [2.45, 2.75) is 83.8 Å². The minimum absolute atomic E-state index is 0.343. The first-order valence-corrected chi connectivity index (χ1v) is 8.25. The van der Waals surface area contributed by atoms with Crippen LogP contribution in [0.1, 0.15) is 66.2 Å². The van der Waals surface area contributed by atoms with Crippen molar-refractivity contribution in [1.82, 2.24) is 10.2 Å². The zero-order valence-corrected chi connectivity index (χ0v) is 14.1. The van der Waals surface area contributed by atoms with Crippen molar-refractivity contribution in [1.29, 1.82) is 5.26 Å². The highest BCUT2D eigenvalue weighted by Crippen LogP contribution is 2.25. The van der Waals surface area contributed by atoms with E-state index in [-0.39, 0.29) is 0 Å². The van der Waals surface area contributed by atoms with Gasteiger partial charge in [0, 0.05) is 18.6 Å². The van der Waals surface area contributed by atoms with E-state index in [2.05, 4.69) is 44.1 Å². The molecule has 3 heteroatoms. The molecule has 1 aliphatic rings. The van der Waals surface area contributed by atoms with E-state index in [9.17, 15) is 5.26 Å². The van der Waals surface area contributed by atoms with Gasteiger partial charge in [-0.05, 0) is 59.9 Å². The Morgan fingerprint density at radius 1 is 1.25 bits per heavy atom. The Labute approximate surface area is 125 Å². The molecule has 20 heavy (non-hydrogen) atoms. The molecule has 1 aliphatic carbocycles. The average Bonchev–Trinajstić information content (AvgIpc) is 2.38. The van der Waals surface area contributed by atoms with Gasteiger partial charge in [-0.15, -0.1) is 0 Å². The molecule has 0 radical (unpaired) electrons. The second kappa shape index (κ2) is 8.00. The van der Waals surface area contributed by atoms with E-state index in [4.69, 9.17) is 0 Å². The van der Waals surface area contributed by atoms with Gasteiger partial charge < -0.3 is 4.90 Å². The van der Waals surface area contributed by atoms with Gasteiger partial charge in [-0.3, -0.25) is 5.32 Å². The Morgan fingerprint density at radius 3 is 2.35 bits per heavy atom. The van der Waals surface area contributed by atoms with E-state index >= 15 is 0 Å². The van der Waals surface area contributed by atoms with Crippen LogP contribution in [-0.4, -0.2) is 36.1 Å². The molecular formula is C17H33N3. The second-order valence-electron chi connectivity index (χ2n) is 7.24. The fourth-order valence-electron chi connectivity index (χ4n) is 3.48. The van der Waals surface area contributed by atoms with Crippen LogP contribution in [0.5, 0.6) is 0 Å². The molecule has 1 N–H and O–H groups in total. The van der Waals surface area contributed by atoms with E-state index in [1.807, 2.05) is 6.92 Å². The maximum atomic E-state index is 9.46. The van der Waals surface area contributed by atoms with E-state index in [1.165, 1.54) is 38.6 Å². The molecule has 0 aromatic rings. The van der Waals surface area contributed by atoms with E-state index < -0.39 is 5.54 Å². The lowest BCUT2D eigenvalue weighted by atomic mass is 9.88. The normalized spacial score (nSPS) is 21.7. The summed E-state index contributed by atoms with van der Waals surface area (Å²) in [4.78, 5) is 2.45.